The fraction of sp³-hybridized carbons (Fsp3) is 1.00. The number of hydrogen-bond donors (Lipinski definition) is 3. The maximum atomic E-state index is 9.95. The highest BCUT2D eigenvalue weighted by atomic mass is 16.6. The maximum Gasteiger partial charge on any atom is 0.194 e. The Labute approximate surface area is 91.9 Å². The van der Waals surface area contributed by atoms with Crippen LogP contribution in [0.25, 0.3) is 0 Å². The van der Waals surface area contributed by atoms with Crippen LogP contribution in [0.5, 0.6) is 0 Å². The standard InChI is InChI=1S/C11H24O4/c1-3-5-6-7-8-11(14,15-4-2)10(13)9-12/h10,12-14H,3-9H2,1-2H3. The minimum atomic E-state index is -1.59. The van der Waals surface area contributed by atoms with Gasteiger partial charge in [-0.3, -0.25) is 0 Å². The largest absolute Gasteiger partial charge is 0.393 e. The highest BCUT2D eigenvalue weighted by Gasteiger charge is 2.35. The average Bonchev–Trinajstić information content (AvgIpc) is 2.23. The molecular formula is C11H24O4. The first-order chi connectivity index (χ1) is 7.10. The third-order valence-electron chi connectivity index (χ3n) is 2.48. The summed E-state index contributed by atoms with van der Waals surface area (Å²) >= 11 is 0. The van der Waals surface area contributed by atoms with E-state index in [9.17, 15) is 10.2 Å². The highest BCUT2D eigenvalue weighted by molar-refractivity contribution is 4.76. The van der Waals surface area contributed by atoms with E-state index >= 15 is 0 Å². The van der Waals surface area contributed by atoms with Gasteiger partial charge in [0.2, 0.25) is 0 Å². The summed E-state index contributed by atoms with van der Waals surface area (Å²) in [6.45, 7) is 3.70. The number of ether oxygens (including phenoxy) is 1. The van der Waals surface area contributed by atoms with Crippen molar-refractivity contribution in [2.45, 2.75) is 57.8 Å². The smallest absolute Gasteiger partial charge is 0.194 e. The third-order valence-corrected chi connectivity index (χ3v) is 2.48. The lowest BCUT2D eigenvalue weighted by molar-refractivity contribution is -0.264. The van der Waals surface area contributed by atoms with Crippen molar-refractivity contribution in [3.05, 3.63) is 0 Å². The number of unbranched alkanes of at least 4 members (excludes halogenated alkanes) is 3. The van der Waals surface area contributed by atoms with Crippen LogP contribution in [0, 0.1) is 0 Å². The van der Waals surface area contributed by atoms with Gasteiger partial charge in [0.1, 0.15) is 6.10 Å². The second kappa shape index (κ2) is 8.05. The first kappa shape index (κ1) is 14.8. The van der Waals surface area contributed by atoms with E-state index in [1.165, 1.54) is 0 Å². The zero-order chi connectivity index (χ0) is 11.7. The van der Waals surface area contributed by atoms with Crippen molar-refractivity contribution >= 4 is 0 Å². The van der Waals surface area contributed by atoms with Gasteiger partial charge in [-0.25, -0.2) is 0 Å². The Kier molecular flexibility index (Phi) is 7.96. The van der Waals surface area contributed by atoms with E-state index in [1.54, 1.807) is 6.92 Å². The second-order valence-electron chi connectivity index (χ2n) is 3.79. The molecule has 0 aromatic rings. The molecule has 2 atom stereocenters. The Morgan fingerprint density at radius 1 is 1.20 bits per heavy atom. The number of hydrogen-bond acceptors (Lipinski definition) is 4. The summed E-state index contributed by atoms with van der Waals surface area (Å²) in [7, 11) is 0. The van der Waals surface area contributed by atoms with Crippen molar-refractivity contribution in [3.63, 3.8) is 0 Å². The van der Waals surface area contributed by atoms with Gasteiger partial charge in [0, 0.05) is 13.0 Å². The lowest BCUT2D eigenvalue weighted by atomic mass is 10.0. The topological polar surface area (TPSA) is 69.9 Å². The van der Waals surface area contributed by atoms with Crippen LogP contribution in [-0.2, 0) is 4.74 Å². The predicted octanol–water partition coefficient (Wildman–Crippen LogP) is 1.04. The number of aliphatic hydroxyl groups is 3. The highest BCUT2D eigenvalue weighted by Crippen LogP contribution is 2.21. The van der Waals surface area contributed by atoms with Gasteiger partial charge in [-0.05, 0) is 13.3 Å². The molecule has 4 heteroatoms. The Hall–Kier alpha value is -0.160. The van der Waals surface area contributed by atoms with E-state index in [0.717, 1.165) is 25.7 Å². The SMILES string of the molecule is CCCCCCC(O)(OCC)C(O)CO. The molecule has 4 nitrogen and oxygen atoms in total. The molecule has 0 radical (unpaired) electrons. The van der Waals surface area contributed by atoms with E-state index < -0.39 is 18.5 Å². The number of aliphatic hydroxyl groups excluding tert-OH is 2. The minimum Gasteiger partial charge on any atom is -0.393 e. The van der Waals surface area contributed by atoms with E-state index in [2.05, 4.69) is 6.92 Å². The first-order valence-electron chi connectivity index (χ1n) is 5.76. The summed E-state index contributed by atoms with van der Waals surface area (Å²) in [5, 5.41) is 28.2. The Morgan fingerprint density at radius 3 is 2.33 bits per heavy atom. The Balaban J connectivity index is 4.01. The molecule has 0 saturated heterocycles. The summed E-state index contributed by atoms with van der Waals surface area (Å²) in [6, 6.07) is 0. The van der Waals surface area contributed by atoms with Crippen LogP contribution in [0.3, 0.4) is 0 Å². The summed E-state index contributed by atoms with van der Waals surface area (Å²) < 4.78 is 5.11. The third kappa shape index (κ3) is 5.47. The zero-order valence-electron chi connectivity index (χ0n) is 9.78. The molecule has 0 heterocycles. The van der Waals surface area contributed by atoms with Crippen molar-refractivity contribution in [2.24, 2.45) is 0 Å². The molecule has 0 bridgehead atoms. The molecule has 15 heavy (non-hydrogen) atoms. The Morgan fingerprint density at radius 2 is 1.87 bits per heavy atom. The zero-order valence-corrected chi connectivity index (χ0v) is 9.78. The summed E-state index contributed by atoms with van der Waals surface area (Å²) in [5.74, 6) is -1.59. The monoisotopic (exact) mass is 220 g/mol. The fourth-order valence-electron chi connectivity index (χ4n) is 1.53. The van der Waals surface area contributed by atoms with Crippen LogP contribution in [0.2, 0.25) is 0 Å². The van der Waals surface area contributed by atoms with E-state index in [1.807, 2.05) is 0 Å². The molecule has 0 aromatic carbocycles. The van der Waals surface area contributed by atoms with Crippen molar-refractivity contribution < 1.29 is 20.1 Å². The molecule has 0 rings (SSSR count). The van der Waals surface area contributed by atoms with Crippen molar-refractivity contribution in [1.29, 1.82) is 0 Å². The van der Waals surface area contributed by atoms with Gasteiger partial charge in [0.05, 0.1) is 6.61 Å². The first-order valence-corrected chi connectivity index (χ1v) is 5.76. The van der Waals surface area contributed by atoms with E-state index in [0.29, 0.717) is 13.0 Å². The molecule has 0 aliphatic carbocycles. The van der Waals surface area contributed by atoms with Gasteiger partial charge in [0.15, 0.2) is 5.79 Å². The van der Waals surface area contributed by atoms with Crippen LogP contribution >= 0.6 is 0 Å². The van der Waals surface area contributed by atoms with Crippen LogP contribution in [0.4, 0.5) is 0 Å². The summed E-state index contributed by atoms with van der Waals surface area (Å²) in [4.78, 5) is 0. The van der Waals surface area contributed by atoms with Gasteiger partial charge in [-0.15, -0.1) is 0 Å². The molecule has 0 fully saturated rings. The van der Waals surface area contributed by atoms with Gasteiger partial charge in [0.25, 0.3) is 0 Å². The molecule has 92 valence electrons. The van der Waals surface area contributed by atoms with Crippen LogP contribution < -0.4 is 0 Å². The number of rotatable bonds is 9. The van der Waals surface area contributed by atoms with Crippen LogP contribution in [0.1, 0.15) is 46.0 Å². The quantitative estimate of drug-likeness (QED) is 0.401. The molecule has 0 aliphatic heterocycles. The predicted molar refractivity (Wildman–Crippen MR) is 58.4 cm³/mol. The lowest BCUT2D eigenvalue weighted by Gasteiger charge is -2.31. The van der Waals surface area contributed by atoms with E-state index in [-0.39, 0.29) is 0 Å². The molecule has 0 spiro atoms. The maximum absolute atomic E-state index is 9.95. The van der Waals surface area contributed by atoms with Gasteiger partial charge in [-0.1, -0.05) is 26.2 Å². The molecule has 0 saturated carbocycles. The van der Waals surface area contributed by atoms with Gasteiger partial charge in [-0.2, -0.15) is 0 Å². The van der Waals surface area contributed by atoms with Crippen LogP contribution in [-0.4, -0.2) is 40.4 Å². The molecule has 0 aliphatic rings. The Bertz CT molecular complexity index is 152. The second-order valence-corrected chi connectivity index (χ2v) is 3.79. The minimum absolute atomic E-state index is 0.321. The van der Waals surface area contributed by atoms with Crippen LogP contribution in [0.15, 0.2) is 0 Å². The van der Waals surface area contributed by atoms with Gasteiger partial charge < -0.3 is 20.1 Å². The normalized spacial score (nSPS) is 17.4. The molecule has 0 amide bonds. The molecule has 2 unspecified atom stereocenters. The van der Waals surface area contributed by atoms with Crippen molar-refractivity contribution in [1.82, 2.24) is 0 Å². The fourth-order valence-corrected chi connectivity index (χ4v) is 1.53. The van der Waals surface area contributed by atoms with Crippen molar-refractivity contribution in [2.75, 3.05) is 13.2 Å². The van der Waals surface area contributed by atoms with Gasteiger partial charge >= 0.3 is 0 Å². The molecule has 3 N–H and O–H groups in total. The lowest BCUT2D eigenvalue weighted by Crippen LogP contribution is -2.47. The summed E-state index contributed by atoms with van der Waals surface area (Å²) in [5.41, 5.74) is 0. The molecule has 0 aromatic heterocycles. The van der Waals surface area contributed by atoms with E-state index in [4.69, 9.17) is 9.84 Å². The molecular weight excluding hydrogens is 196 g/mol. The van der Waals surface area contributed by atoms with Crippen molar-refractivity contribution in [3.8, 4) is 0 Å². The summed E-state index contributed by atoms with van der Waals surface area (Å²) in [6.07, 6.45) is 3.17. The average molecular weight is 220 g/mol.